The van der Waals surface area contributed by atoms with E-state index in [1.807, 2.05) is 0 Å². The summed E-state index contributed by atoms with van der Waals surface area (Å²) in [7, 11) is 2.29. The molecule has 2 aliphatic heterocycles. The first-order valence-corrected chi connectivity index (χ1v) is 8.37. The molecule has 1 spiro atoms. The average molecular weight is 265 g/mol. The zero-order valence-corrected chi connectivity index (χ0v) is 12.8. The maximum atomic E-state index is 3.52. The second kappa shape index (κ2) is 5.71. The highest BCUT2D eigenvalue weighted by Crippen LogP contribution is 2.58. The van der Waals surface area contributed by atoms with E-state index in [2.05, 4.69) is 29.1 Å². The lowest BCUT2D eigenvalue weighted by Crippen LogP contribution is -2.41. The van der Waals surface area contributed by atoms with E-state index in [1.165, 1.54) is 71.4 Å². The summed E-state index contributed by atoms with van der Waals surface area (Å²) in [5.41, 5.74) is 0.752. The monoisotopic (exact) mass is 265 g/mol. The van der Waals surface area contributed by atoms with Crippen molar-refractivity contribution in [2.24, 2.45) is 11.3 Å². The van der Waals surface area contributed by atoms with Crippen molar-refractivity contribution in [2.45, 2.75) is 45.1 Å². The lowest BCUT2D eigenvalue weighted by molar-refractivity contribution is 0.163. The zero-order chi connectivity index (χ0) is 13.3. The first-order valence-electron chi connectivity index (χ1n) is 8.37. The molecule has 1 N–H and O–H groups in total. The summed E-state index contributed by atoms with van der Waals surface area (Å²) in [5.74, 6) is 1.01. The molecule has 0 aromatic rings. The van der Waals surface area contributed by atoms with E-state index in [0.29, 0.717) is 0 Å². The van der Waals surface area contributed by atoms with Crippen molar-refractivity contribution >= 4 is 0 Å². The second-order valence-electron chi connectivity index (χ2n) is 7.19. The van der Waals surface area contributed by atoms with Crippen molar-refractivity contribution in [3.63, 3.8) is 0 Å². The van der Waals surface area contributed by atoms with Crippen molar-refractivity contribution in [3.05, 3.63) is 0 Å². The number of piperidine rings is 1. The Morgan fingerprint density at radius 3 is 2.74 bits per heavy atom. The fraction of sp³-hybridized carbons (Fsp3) is 1.00. The number of likely N-dealkylation sites (N-methyl/N-ethyl adjacent to an activating group) is 1. The van der Waals surface area contributed by atoms with Crippen LogP contribution in [-0.4, -0.2) is 62.2 Å². The van der Waals surface area contributed by atoms with Crippen LogP contribution in [0.3, 0.4) is 0 Å². The van der Waals surface area contributed by atoms with Crippen LogP contribution < -0.4 is 5.32 Å². The van der Waals surface area contributed by atoms with E-state index < -0.39 is 0 Å². The summed E-state index contributed by atoms with van der Waals surface area (Å²) in [6, 6.07) is 0.798. The molecule has 2 saturated heterocycles. The topological polar surface area (TPSA) is 18.5 Å². The van der Waals surface area contributed by atoms with Gasteiger partial charge in [0.2, 0.25) is 0 Å². The quantitative estimate of drug-likeness (QED) is 0.839. The molecule has 19 heavy (non-hydrogen) atoms. The molecular weight excluding hydrogens is 234 g/mol. The molecule has 3 fully saturated rings. The van der Waals surface area contributed by atoms with Gasteiger partial charge in [-0.3, -0.25) is 4.90 Å². The van der Waals surface area contributed by atoms with Gasteiger partial charge in [-0.05, 0) is 76.7 Å². The third-order valence-electron chi connectivity index (χ3n) is 5.91. The van der Waals surface area contributed by atoms with E-state index in [4.69, 9.17) is 0 Å². The van der Waals surface area contributed by atoms with Gasteiger partial charge in [0.15, 0.2) is 0 Å². The maximum Gasteiger partial charge on any atom is 0.0220 e. The van der Waals surface area contributed by atoms with Gasteiger partial charge >= 0.3 is 0 Å². The van der Waals surface area contributed by atoms with Gasteiger partial charge in [0, 0.05) is 19.1 Å². The van der Waals surface area contributed by atoms with E-state index in [-0.39, 0.29) is 0 Å². The smallest absolute Gasteiger partial charge is 0.0220 e. The molecule has 1 aliphatic carbocycles. The van der Waals surface area contributed by atoms with Crippen LogP contribution in [-0.2, 0) is 0 Å². The Morgan fingerprint density at radius 2 is 2.00 bits per heavy atom. The highest BCUT2D eigenvalue weighted by Gasteiger charge is 2.54. The first kappa shape index (κ1) is 13.8. The molecule has 0 aromatic carbocycles. The van der Waals surface area contributed by atoms with Gasteiger partial charge in [-0.15, -0.1) is 0 Å². The summed E-state index contributed by atoms with van der Waals surface area (Å²) in [6.45, 7) is 10.2. The van der Waals surface area contributed by atoms with Gasteiger partial charge < -0.3 is 10.2 Å². The van der Waals surface area contributed by atoms with Gasteiger partial charge in [-0.2, -0.15) is 0 Å². The molecule has 3 aliphatic rings. The maximum absolute atomic E-state index is 3.52. The molecule has 0 bridgehead atoms. The van der Waals surface area contributed by atoms with Crippen LogP contribution in [0.4, 0.5) is 0 Å². The molecule has 0 amide bonds. The Balaban J connectivity index is 1.56. The van der Waals surface area contributed by atoms with Gasteiger partial charge in [-0.25, -0.2) is 0 Å². The predicted molar refractivity (Wildman–Crippen MR) is 80.4 cm³/mol. The Kier molecular flexibility index (Phi) is 4.16. The molecule has 2 unspecified atom stereocenters. The minimum atomic E-state index is 0.752. The van der Waals surface area contributed by atoms with E-state index in [1.54, 1.807) is 0 Å². The van der Waals surface area contributed by atoms with E-state index in [9.17, 15) is 0 Å². The normalized spacial score (nSPS) is 36.3. The van der Waals surface area contributed by atoms with E-state index >= 15 is 0 Å². The molecule has 3 rings (SSSR count). The Morgan fingerprint density at radius 1 is 1.21 bits per heavy atom. The SMILES string of the molecule is CCC1CN(C)CCCN1CC1CC12CCNCC2. The van der Waals surface area contributed by atoms with Crippen LogP contribution in [0, 0.1) is 11.3 Å². The molecule has 3 nitrogen and oxygen atoms in total. The first-order chi connectivity index (χ1) is 9.23. The number of nitrogens with zero attached hydrogens (tertiary/aromatic N) is 2. The molecule has 0 radical (unpaired) electrons. The summed E-state index contributed by atoms with van der Waals surface area (Å²) in [4.78, 5) is 5.35. The van der Waals surface area contributed by atoms with Gasteiger partial charge in [0.25, 0.3) is 0 Å². The second-order valence-corrected chi connectivity index (χ2v) is 7.19. The van der Waals surface area contributed by atoms with Crippen LogP contribution in [0.2, 0.25) is 0 Å². The summed E-state index contributed by atoms with van der Waals surface area (Å²) in [5, 5.41) is 3.52. The Labute approximate surface area is 118 Å². The van der Waals surface area contributed by atoms with Gasteiger partial charge in [-0.1, -0.05) is 6.92 Å². The number of nitrogens with one attached hydrogen (secondary N) is 1. The Hall–Kier alpha value is -0.120. The van der Waals surface area contributed by atoms with Gasteiger partial charge in [0.05, 0.1) is 0 Å². The third-order valence-corrected chi connectivity index (χ3v) is 5.91. The minimum absolute atomic E-state index is 0.752. The average Bonchev–Trinajstić information content (AvgIpc) is 3.11. The van der Waals surface area contributed by atoms with Crippen molar-refractivity contribution in [1.29, 1.82) is 0 Å². The van der Waals surface area contributed by atoms with Crippen molar-refractivity contribution in [2.75, 3.05) is 46.3 Å². The largest absolute Gasteiger partial charge is 0.317 e. The molecular formula is C16H31N3. The number of rotatable bonds is 3. The molecule has 3 heteroatoms. The summed E-state index contributed by atoms with van der Waals surface area (Å²) >= 11 is 0. The summed E-state index contributed by atoms with van der Waals surface area (Å²) in [6.07, 6.45) is 7.04. The fourth-order valence-corrected chi connectivity index (χ4v) is 4.43. The van der Waals surface area contributed by atoms with Crippen molar-refractivity contribution in [1.82, 2.24) is 15.1 Å². The zero-order valence-electron chi connectivity index (χ0n) is 12.8. The highest BCUT2D eigenvalue weighted by molar-refractivity contribution is 5.05. The van der Waals surface area contributed by atoms with Crippen molar-refractivity contribution < 1.29 is 0 Å². The number of hydrogen-bond acceptors (Lipinski definition) is 3. The van der Waals surface area contributed by atoms with Crippen LogP contribution in [0.15, 0.2) is 0 Å². The predicted octanol–water partition coefficient (Wildman–Crippen LogP) is 1.79. The van der Waals surface area contributed by atoms with Crippen LogP contribution in [0.5, 0.6) is 0 Å². The Bertz CT molecular complexity index is 298. The van der Waals surface area contributed by atoms with Crippen LogP contribution >= 0.6 is 0 Å². The molecule has 110 valence electrons. The van der Waals surface area contributed by atoms with E-state index in [0.717, 1.165) is 17.4 Å². The van der Waals surface area contributed by atoms with Crippen molar-refractivity contribution in [3.8, 4) is 0 Å². The molecule has 0 aromatic heterocycles. The lowest BCUT2D eigenvalue weighted by atomic mass is 9.91. The molecule has 1 saturated carbocycles. The highest BCUT2D eigenvalue weighted by atomic mass is 15.2. The van der Waals surface area contributed by atoms with Crippen LogP contribution in [0.1, 0.15) is 39.0 Å². The number of hydrogen-bond donors (Lipinski definition) is 1. The summed E-state index contributed by atoms with van der Waals surface area (Å²) < 4.78 is 0. The fourth-order valence-electron chi connectivity index (χ4n) is 4.43. The standard InChI is InChI=1S/C16H31N3/c1-3-15-13-18(2)9-4-10-19(15)12-14-11-16(14)5-7-17-8-6-16/h14-15,17H,3-13H2,1-2H3. The van der Waals surface area contributed by atoms with Gasteiger partial charge in [0.1, 0.15) is 0 Å². The minimum Gasteiger partial charge on any atom is -0.317 e. The molecule has 2 heterocycles. The third kappa shape index (κ3) is 2.98. The lowest BCUT2D eigenvalue weighted by Gasteiger charge is -2.32. The van der Waals surface area contributed by atoms with Crippen LogP contribution in [0.25, 0.3) is 0 Å². The molecule has 2 atom stereocenters.